The number of hydrogen-bond acceptors (Lipinski definition) is 2. The van der Waals surface area contributed by atoms with Crippen LogP contribution < -0.4 is 5.32 Å². The highest BCUT2D eigenvalue weighted by Gasteiger charge is 2.35. The molecule has 0 unspecified atom stereocenters. The normalized spacial score (nSPS) is 17.2. The molecule has 0 atom stereocenters. The Bertz CT molecular complexity index is 513. The predicted molar refractivity (Wildman–Crippen MR) is 70.5 cm³/mol. The van der Waals surface area contributed by atoms with Crippen LogP contribution in [-0.4, -0.2) is 11.4 Å². The van der Waals surface area contributed by atoms with Crippen LogP contribution in [-0.2, 0) is 0 Å². The van der Waals surface area contributed by atoms with E-state index in [2.05, 4.69) is 11.4 Å². The van der Waals surface area contributed by atoms with Gasteiger partial charge in [-0.2, -0.15) is 5.26 Å². The molecule has 4 heteroatoms. The highest BCUT2D eigenvalue weighted by atomic mass is 35.5. The maximum absolute atomic E-state index is 12.1. The van der Waals surface area contributed by atoms with Gasteiger partial charge in [-0.05, 0) is 56.4 Å². The number of rotatable bonds is 2. The van der Waals surface area contributed by atoms with Crippen molar-refractivity contribution in [3.05, 3.63) is 34.3 Å². The first-order valence-corrected chi connectivity index (χ1v) is 6.44. The van der Waals surface area contributed by atoms with Crippen LogP contribution in [0.2, 0.25) is 5.02 Å². The van der Waals surface area contributed by atoms with E-state index in [1.165, 1.54) is 0 Å². The zero-order valence-electron chi connectivity index (χ0n) is 10.3. The fourth-order valence-corrected chi connectivity index (χ4v) is 2.44. The minimum Gasteiger partial charge on any atom is -0.334 e. The molecule has 0 saturated heterocycles. The van der Waals surface area contributed by atoms with Gasteiger partial charge in [-0.25, -0.2) is 0 Å². The van der Waals surface area contributed by atoms with Crippen molar-refractivity contribution in [2.75, 3.05) is 0 Å². The van der Waals surface area contributed by atoms with Crippen molar-refractivity contribution in [3.8, 4) is 6.07 Å². The molecule has 1 aliphatic rings. The molecule has 0 aliphatic heterocycles. The van der Waals surface area contributed by atoms with Gasteiger partial charge in [0.1, 0.15) is 5.54 Å². The summed E-state index contributed by atoms with van der Waals surface area (Å²) in [5.74, 6) is -0.196. The Morgan fingerprint density at radius 2 is 2.11 bits per heavy atom. The van der Waals surface area contributed by atoms with Gasteiger partial charge in [0.25, 0.3) is 5.91 Å². The number of carbonyl (C=O) groups excluding carboxylic acids is 1. The van der Waals surface area contributed by atoms with Crippen LogP contribution in [0.25, 0.3) is 0 Å². The number of nitriles is 1. The van der Waals surface area contributed by atoms with E-state index in [0.29, 0.717) is 10.6 Å². The van der Waals surface area contributed by atoms with E-state index in [1.807, 2.05) is 6.92 Å². The number of aryl methyl sites for hydroxylation is 1. The second-order valence-electron chi connectivity index (χ2n) is 4.82. The molecule has 3 nitrogen and oxygen atoms in total. The zero-order chi connectivity index (χ0) is 13.2. The fraction of sp³-hybridized carbons (Fsp3) is 0.429. The van der Waals surface area contributed by atoms with Gasteiger partial charge in [-0.3, -0.25) is 4.79 Å². The second kappa shape index (κ2) is 4.99. The molecule has 1 amide bonds. The SMILES string of the molecule is Cc1cc(C(=O)NC2(C#N)CCCC2)ccc1Cl. The van der Waals surface area contributed by atoms with E-state index in [0.717, 1.165) is 31.2 Å². The van der Waals surface area contributed by atoms with Gasteiger partial charge in [-0.15, -0.1) is 0 Å². The lowest BCUT2D eigenvalue weighted by atomic mass is 9.99. The summed E-state index contributed by atoms with van der Waals surface area (Å²) >= 11 is 5.93. The number of nitrogens with one attached hydrogen (secondary N) is 1. The highest BCUT2D eigenvalue weighted by molar-refractivity contribution is 6.31. The van der Waals surface area contributed by atoms with Gasteiger partial charge in [0.05, 0.1) is 6.07 Å². The van der Waals surface area contributed by atoms with Crippen LogP contribution in [0.4, 0.5) is 0 Å². The lowest BCUT2D eigenvalue weighted by molar-refractivity contribution is 0.0920. The summed E-state index contributed by atoms with van der Waals surface area (Å²) in [5.41, 5.74) is 0.741. The van der Waals surface area contributed by atoms with Crippen LogP contribution in [0, 0.1) is 18.3 Å². The van der Waals surface area contributed by atoms with Crippen molar-refractivity contribution in [2.24, 2.45) is 0 Å². The number of carbonyl (C=O) groups is 1. The van der Waals surface area contributed by atoms with Crippen molar-refractivity contribution in [2.45, 2.75) is 38.1 Å². The van der Waals surface area contributed by atoms with E-state index >= 15 is 0 Å². The first-order chi connectivity index (χ1) is 8.56. The Morgan fingerprint density at radius 1 is 1.44 bits per heavy atom. The summed E-state index contributed by atoms with van der Waals surface area (Å²) in [7, 11) is 0. The predicted octanol–water partition coefficient (Wildman–Crippen LogP) is 3.21. The van der Waals surface area contributed by atoms with Crippen LogP contribution in [0.1, 0.15) is 41.6 Å². The van der Waals surface area contributed by atoms with Gasteiger partial charge in [-0.1, -0.05) is 11.6 Å². The summed E-state index contributed by atoms with van der Waals surface area (Å²) in [6.07, 6.45) is 3.46. The third-order valence-corrected chi connectivity index (χ3v) is 3.87. The Hall–Kier alpha value is -1.53. The molecular formula is C14H15ClN2O. The highest BCUT2D eigenvalue weighted by Crippen LogP contribution is 2.29. The quantitative estimate of drug-likeness (QED) is 0.890. The van der Waals surface area contributed by atoms with Gasteiger partial charge in [0.2, 0.25) is 0 Å². The zero-order valence-corrected chi connectivity index (χ0v) is 11.0. The van der Waals surface area contributed by atoms with Gasteiger partial charge < -0.3 is 5.32 Å². The summed E-state index contributed by atoms with van der Waals surface area (Å²) in [6, 6.07) is 7.39. The number of benzene rings is 1. The number of halogens is 1. The average Bonchev–Trinajstić information content (AvgIpc) is 2.82. The van der Waals surface area contributed by atoms with Gasteiger partial charge >= 0.3 is 0 Å². The van der Waals surface area contributed by atoms with E-state index in [-0.39, 0.29) is 5.91 Å². The monoisotopic (exact) mass is 262 g/mol. The molecule has 0 bridgehead atoms. The third-order valence-electron chi connectivity index (χ3n) is 3.44. The van der Waals surface area contributed by atoms with Crippen LogP contribution in [0.15, 0.2) is 18.2 Å². The summed E-state index contributed by atoms with van der Waals surface area (Å²) < 4.78 is 0. The molecule has 94 valence electrons. The van der Waals surface area contributed by atoms with Crippen LogP contribution in [0.5, 0.6) is 0 Å². The van der Waals surface area contributed by atoms with E-state index in [9.17, 15) is 10.1 Å². The molecule has 1 aromatic rings. The lowest BCUT2D eigenvalue weighted by Gasteiger charge is -2.22. The van der Waals surface area contributed by atoms with Crippen molar-refractivity contribution in [3.63, 3.8) is 0 Å². The molecule has 0 spiro atoms. The molecule has 1 saturated carbocycles. The summed E-state index contributed by atoms with van der Waals surface area (Å²) in [6.45, 7) is 1.86. The Morgan fingerprint density at radius 3 is 2.67 bits per heavy atom. The minimum atomic E-state index is -0.676. The largest absolute Gasteiger partial charge is 0.334 e. The van der Waals surface area contributed by atoms with Crippen LogP contribution >= 0.6 is 11.6 Å². The lowest BCUT2D eigenvalue weighted by Crippen LogP contribution is -2.45. The molecule has 2 rings (SSSR count). The molecule has 18 heavy (non-hydrogen) atoms. The number of hydrogen-bond donors (Lipinski definition) is 1. The molecule has 1 N–H and O–H groups in total. The van der Waals surface area contributed by atoms with Crippen molar-refractivity contribution in [1.82, 2.24) is 5.32 Å². The van der Waals surface area contributed by atoms with Crippen LogP contribution in [0.3, 0.4) is 0 Å². The van der Waals surface area contributed by atoms with E-state index in [4.69, 9.17) is 11.6 Å². The summed E-state index contributed by atoms with van der Waals surface area (Å²) in [4.78, 5) is 12.1. The maximum atomic E-state index is 12.1. The van der Waals surface area contributed by atoms with E-state index < -0.39 is 5.54 Å². The molecule has 0 heterocycles. The first-order valence-electron chi connectivity index (χ1n) is 6.06. The van der Waals surface area contributed by atoms with Crippen molar-refractivity contribution in [1.29, 1.82) is 5.26 Å². The maximum Gasteiger partial charge on any atom is 0.252 e. The average molecular weight is 263 g/mol. The molecule has 0 aromatic heterocycles. The van der Waals surface area contributed by atoms with Gasteiger partial charge in [0, 0.05) is 10.6 Å². The standard InChI is InChI=1S/C14H15ClN2O/c1-10-8-11(4-5-12(10)15)13(18)17-14(9-16)6-2-3-7-14/h4-5,8H,2-3,6-7H2,1H3,(H,17,18). The molecule has 1 aromatic carbocycles. The fourth-order valence-electron chi connectivity index (χ4n) is 2.32. The smallest absolute Gasteiger partial charge is 0.252 e. The number of nitrogens with zero attached hydrogens (tertiary/aromatic N) is 1. The van der Waals surface area contributed by atoms with Gasteiger partial charge in [0.15, 0.2) is 0 Å². The molecular weight excluding hydrogens is 248 g/mol. The minimum absolute atomic E-state index is 0.196. The molecule has 1 aliphatic carbocycles. The Labute approximate surface area is 112 Å². The van der Waals surface area contributed by atoms with Crippen molar-refractivity contribution >= 4 is 17.5 Å². The molecule has 0 radical (unpaired) electrons. The topological polar surface area (TPSA) is 52.9 Å². The van der Waals surface area contributed by atoms with Crippen molar-refractivity contribution < 1.29 is 4.79 Å². The number of amides is 1. The molecule has 1 fully saturated rings. The first kappa shape index (κ1) is 12.9. The Kier molecular flexibility index (Phi) is 3.58. The summed E-state index contributed by atoms with van der Waals surface area (Å²) in [5, 5.41) is 12.7. The van der Waals surface area contributed by atoms with E-state index in [1.54, 1.807) is 18.2 Å². The second-order valence-corrected chi connectivity index (χ2v) is 5.23. The Balaban J connectivity index is 2.17. The third kappa shape index (κ3) is 2.49.